The number of benzene rings is 1. The van der Waals surface area contributed by atoms with Gasteiger partial charge in [0.05, 0.1) is 0 Å². The summed E-state index contributed by atoms with van der Waals surface area (Å²) in [7, 11) is 0. The molecule has 2 aromatic rings. The molecule has 0 radical (unpaired) electrons. The Labute approximate surface area is 115 Å². The molecule has 96 valence electrons. The van der Waals surface area contributed by atoms with E-state index in [1.165, 1.54) is 11.3 Å². The maximum atomic E-state index is 12.4. The third-order valence-electron chi connectivity index (χ3n) is 3.40. The van der Waals surface area contributed by atoms with Crippen LogP contribution in [0.2, 0.25) is 0 Å². The normalized spacial score (nSPS) is 13.8. The molecular weight excluding hydrogens is 258 g/mol. The predicted molar refractivity (Wildman–Crippen MR) is 75.0 cm³/mol. The van der Waals surface area contributed by atoms with Crippen molar-refractivity contribution in [3.05, 3.63) is 56.8 Å². The van der Waals surface area contributed by atoms with Gasteiger partial charge in [0.1, 0.15) is 0 Å². The van der Waals surface area contributed by atoms with Gasteiger partial charge < -0.3 is 5.32 Å². The highest BCUT2D eigenvalue weighted by atomic mass is 32.1. The minimum Gasteiger partial charge on any atom is -0.352 e. The molecule has 1 aromatic heterocycles. The van der Waals surface area contributed by atoms with Crippen molar-refractivity contribution in [1.29, 1.82) is 0 Å². The molecule has 1 aliphatic rings. The van der Waals surface area contributed by atoms with Gasteiger partial charge in [-0.25, -0.2) is 0 Å². The van der Waals surface area contributed by atoms with Crippen LogP contribution in [-0.4, -0.2) is 18.2 Å². The van der Waals surface area contributed by atoms with Crippen molar-refractivity contribution >= 4 is 23.0 Å². The molecule has 0 bridgehead atoms. The van der Waals surface area contributed by atoms with Crippen LogP contribution in [0.1, 0.15) is 37.4 Å². The minimum absolute atomic E-state index is 0.0140. The summed E-state index contributed by atoms with van der Waals surface area (Å²) in [6.45, 7) is 2.59. The fourth-order valence-electron chi connectivity index (χ4n) is 2.30. The van der Waals surface area contributed by atoms with Crippen LogP contribution in [0.3, 0.4) is 0 Å². The Balaban J connectivity index is 2.03. The molecule has 4 heteroatoms. The summed E-state index contributed by atoms with van der Waals surface area (Å²) in [4.78, 5) is 24.2. The van der Waals surface area contributed by atoms with Gasteiger partial charge in [0.15, 0.2) is 5.78 Å². The topological polar surface area (TPSA) is 46.2 Å². The van der Waals surface area contributed by atoms with Gasteiger partial charge in [0.2, 0.25) is 0 Å². The smallest absolute Gasteiger partial charge is 0.251 e. The molecular formula is C15H13NO2S. The lowest BCUT2D eigenvalue weighted by atomic mass is 9.94. The molecule has 0 aliphatic carbocycles. The van der Waals surface area contributed by atoms with Gasteiger partial charge >= 0.3 is 0 Å². The third-order valence-corrected chi connectivity index (χ3v) is 4.26. The first kappa shape index (κ1) is 12.1. The Bertz CT molecular complexity index is 673. The van der Waals surface area contributed by atoms with Crippen LogP contribution in [0.15, 0.2) is 29.0 Å². The van der Waals surface area contributed by atoms with Crippen LogP contribution in [0, 0.1) is 6.92 Å². The number of fused-ring (bicyclic) bond motifs is 1. The van der Waals surface area contributed by atoms with Gasteiger partial charge in [-0.1, -0.05) is 12.1 Å². The maximum Gasteiger partial charge on any atom is 0.251 e. The van der Waals surface area contributed by atoms with E-state index in [1.54, 1.807) is 6.07 Å². The van der Waals surface area contributed by atoms with Crippen molar-refractivity contribution in [2.75, 3.05) is 6.54 Å². The largest absolute Gasteiger partial charge is 0.352 e. The summed E-state index contributed by atoms with van der Waals surface area (Å²) in [5.74, 6) is -0.0992. The first-order valence-corrected chi connectivity index (χ1v) is 7.09. The quantitative estimate of drug-likeness (QED) is 0.853. The molecule has 1 aromatic carbocycles. The molecule has 1 amide bonds. The third kappa shape index (κ3) is 2.08. The summed E-state index contributed by atoms with van der Waals surface area (Å²) in [5, 5.41) is 6.62. The highest BCUT2D eigenvalue weighted by Crippen LogP contribution is 2.21. The Hall–Kier alpha value is -1.94. The second kappa shape index (κ2) is 4.63. The predicted octanol–water partition coefficient (Wildman–Crippen LogP) is 2.57. The molecule has 1 N–H and O–H groups in total. The number of nitrogens with one attached hydrogen (secondary N) is 1. The molecule has 0 fully saturated rings. The number of ketones is 1. The van der Waals surface area contributed by atoms with E-state index in [0.717, 1.165) is 23.1 Å². The van der Waals surface area contributed by atoms with Crippen molar-refractivity contribution in [1.82, 2.24) is 5.32 Å². The van der Waals surface area contributed by atoms with Crippen LogP contribution in [0.4, 0.5) is 0 Å². The van der Waals surface area contributed by atoms with Crippen molar-refractivity contribution in [3.8, 4) is 0 Å². The average molecular weight is 271 g/mol. The molecule has 3 rings (SSSR count). The summed E-state index contributed by atoms with van der Waals surface area (Å²) >= 11 is 1.52. The Morgan fingerprint density at radius 3 is 2.89 bits per heavy atom. The summed E-state index contributed by atoms with van der Waals surface area (Å²) in [6.07, 6.45) is 0.826. The van der Waals surface area contributed by atoms with Crippen LogP contribution in [0.5, 0.6) is 0 Å². The molecule has 2 heterocycles. The zero-order chi connectivity index (χ0) is 13.4. The van der Waals surface area contributed by atoms with Gasteiger partial charge in [-0.3, -0.25) is 9.59 Å². The summed E-state index contributed by atoms with van der Waals surface area (Å²) in [5.41, 5.74) is 3.93. The fraction of sp³-hybridized carbons (Fsp3) is 0.200. The van der Waals surface area contributed by atoms with E-state index >= 15 is 0 Å². The number of thiophene rings is 1. The van der Waals surface area contributed by atoms with E-state index in [1.807, 2.05) is 29.8 Å². The van der Waals surface area contributed by atoms with E-state index in [-0.39, 0.29) is 11.7 Å². The number of hydrogen-bond donors (Lipinski definition) is 1. The van der Waals surface area contributed by atoms with Crippen molar-refractivity contribution < 1.29 is 9.59 Å². The second-order valence-electron chi connectivity index (χ2n) is 4.68. The van der Waals surface area contributed by atoms with Gasteiger partial charge in [-0.15, -0.1) is 0 Å². The molecule has 0 unspecified atom stereocenters. The Morgan fingerprint density at radius 2 is 2.16 bits per heavy atom. The van der Waals surface area contributed by atoms with Crippen molar-refractivity contribution in [2.24, 2.45) is 0 Å². The highest BCUT2D eigenvalue weighted by Gasteiger charge is 2.19. The first-order chi connectivity index (χ1) is 9.16. The molecule has 0 spiro atoms. The number of rotatable bonds is 2. The van der Waals surface area contributed by atoms with Crippen molar-refractivity contribution in [2.45, 2.75) is 13.3 Å². The van der Waals surface area contributed by atoms with Crippen LogP contribution in [0.25, 0.3) is 0 Å². The van der Waals surface area contributed by atoms with E-state index in [4.69, 9.17) is 0 Å². The number of aryl methyl sites for hydroxylation is 1. The zero-order valence-electron chi connectivity index (χ0n) is 10.5. The minimum atomic E-state index is -0.0852. The molecule has 0 saturated carbocycles. The van der Waals surface area contributed by atoms with Crippen LogP contribution >= 0.6 is 11.3 Å². The second-order valence-corrected chi connectivity index (χ2v) is 5.42. The van der Waals surface area contributed by atoms with E-state index in [2.05, 4.69) is 5.32 Å². The number of hydrogen-bond acceptors (Lipinski definition) is 3. The zero-order valence-corrected chi connectivity index (χ0v) is 11.3. The summed E-state index contributed by atoms with van der Waals surface area (Å²) < 4.78 is 0. The van der Waals surface area contributed by atoms with E-state index in [9.17, 15) is 9.59 Å². The highest BCUT2D eigenvalue weighted by molar-refractivity contribution is 7.08. The van der Waals surface area contributed by atoms with Gasteiger partial charge in [0.25, 0.3) is 5.91 Å². The van der Waals surface area contributed by atoms with Crippen LogP contribution in [-0.2, 0) is 6.42 Å². The summed E-state index contributed by atoms with van der Waals surface area (Å²) in [6, 6.07) is 5.42. The van der Waals surface area contributed by atoms with Crippen molar-refractivity contribution in [3.63, 3.8) is 0 Å². The number of carbonyl (C=O) groups excluding carboxylic acids is 2. The van der Waals surface area contributed by atoms with Gasteiger partial charge in [-0.2, -0.15) is 11.3 Å². The fourth-order valence-corrected chi connectivity index (χ4v) is 3.13. The van der Waals surface area contributed by atoms with Gasteiger partial charge in [-0.05, 0) is 35.9 Å². The number of carbonyl (C=O) groups is 2. The monoisotopic (exact) mass is 271 g/mol. The molecule has 1 aliphatic heterocycles. The molecule has 3 nitrogen and oxygen atoms in total. The van der Waals surface area contributed by atoms with Crippen LogP contribution < -0.4 is 5.32 Å². The van der Waals surface area contributed by atoms with E-state index in [0.29, 0.717) is 17.7 Å². The standard InChI is InChI=1S/C15H13NO2S/c1-9-7-19-8-13(9)14(17)11-3-2-10-4-5-16-15(18)12(10)6-11/h2-3,6-8H,4-5H2,1H3,(H,16,18). The molecule has 19 heavy (non-hydrogen) atoms. The maximum absolute atomic E-state index is 12.4. The number of amides is 1. The first-order valence-electron chi connectivity index (χ1n) is 6.15. The lowest BCUT2D eigenvalue weighted by molar-refractivity contribution is 0.0946. The lowest BCUT2D eigenvalue weighted by Gasteiger charge is -2.16. The Morgan fingerprint density at radius 1 is 1.32 bits per heavy atom. The Kier molecular flexibility index (Phi) is 2.95. The molecule has 0 atom stereocenters. The van der Waals surface area contributed by atoms with Gasteiger partial charge in [0, 0.05) is 28.6 Å². The average Bonchev–Trinajstić information content (AvgIpc) is 2.84. The van der Waals surface area contributed by atoms with E-state index < -0.39 is 0 Å². The SMILES string of the molecule is Cc1cscc1C(=O)c1ccc2c(c1)C(=O)NCC2. The lowest BCUT2D eigenvalue weighted by Crippen LogP contribution is -2.32. The molecule has 0 saturated heterocycles.